The van der Waals surface area contributed by atoms with Gasteiger partial charge in [-0.15, -0.1) is 0 Å². The molecule has 1 aliphatic heterocycles. The summed E-state index contributed by atoms with van der Waals surface area (Å²) < 4.78 is 15.6. The molecule has 0 N–H and O–H groups in total. The van der Waals surface area contributed by atoms with Crippen LogP contribution in [-0.2, 0) is 7.05 Å². The van der Waals surface area contributed by atoms with Crippen molar-refractivity contribution in [2.75, 3.05) is 32.1 Å². The summed E-state index contributed by atoms with van der Waals surface area (Å²) in [4.78, 5) is 26.2. The summed E-state index contributed by atoms with van der Waals surface area (Å²) >= 11 is 0. The number of hydrogen-bond donors (Lipinski definition) is 0. The molecule has 1 aliphatic rings. The van der Waals surface area contributed by atoms with Gasteiger partial charge in [-0.2, -0.15) is 5.10 Å². The van der Waals surface area contributed by atoms with Crippen LogP contribution in [0.3, 0.4) is 0 Å². The quantitative estimate of drug-likeness (QED) is 0.645. The van der Waals surface area contributed by atoms with Crippen LogP contribution in [0.4, 0.5) is 10.3 Å². The molecule has 0 unspecified atom stereocenters. The number of carbonyl (C=O) groups is 1. The molecule has 0 aliphatic carbocycles. The number of carbonyl (C=O) groups excluding carboxylic acids is 1. The van der Waals surface area contributed by atoms with Crippen LogP contribution in [-0.4, -0.2) is 57.7 Å². The smallest absolute Gasteiger partial charge is 0.257 e. The predicted octanol–water partition coefficient (Wildman–Crippen LogP) is 3.41. The summed E-state index contributed by atoms with van der Waals surface area (Å²) in [7, 11) is 5.62. The van der Waals surface area contributed by atoms with E-state index in [0.29, 0.717) is 24.6 Å². The molecule has 8 heteroatoms. The molecule has 162 valence electrons. The van der Waals surface area contributed by atoms with Crippen molar-refractivity contribution in [2.24, 2.45) is 7.05 Å². The van der Waals surface area contributed by atoms with E-state index in [9.17, 15) is 9.18 Å². The SMILES string of the molecule is Cc1c(C(=O)N2CCC[C@@H](c3nc(N(C)C)ncc3-c3cccc(F)c3)C2)cnn1C. The van der Waals surface area contributed by atoms with Crippen molar-refractivity contribution in [3.05, 3.63) is 59.4 Å². The number of piperidine rings is 1. The maximum absolute atomic E-state index is 13.9. The lowest BCUT2D eigenvalue weighted by molar-refractivity contribution is 0.0705. The first-order valence-electron chi connectivity index (χ1n) is 10.4. The number of halogens is 1. The normalized spacial score (nSPS) is 16.4. The van der Waals surface area contributed by atoms with Crippen molar-refractivity contribution in [2.45, 2.75) is 25.7 Å². The zero-order chi connectivity index (χ0) is 22.1. The van der Waals surface area contributed by atoms with Crippen LogP contribution >= 0.6 is 0 Å². The minimum Gasteiger partial charge on any atom is -0.347 e. The lowest BCUT2D eigenvalue weighted by Gasteiger charge is -2.33. The third-order valence-electron chi connectivity index (χ3n) is 5.90. The molecule has 3 aromatic rings. The monoisotopic (exact) mass is 422 g/mol. The fourth-order valence-electron chi connectivity index (χ4n) is 4.05. The van der Waals surface area contributed by atoms with Gasteiger partial charge in [-0.05, 0) is 37.5 Å². The highest BCUT2D eigenvalue weighted by molar-refractivity contribution is 5.95. The van der Waals surface area contributed by atoms with E-state index in [0.717, 1.165) is 35.4 Å². The average Bonchev–Trinajstić information content (AvgIpc) is 3.11. The molecule has 31 heavy (non-hydrogen) atoms. The van der Waals surface area contributed by atoms with Crippen LogP contribution in [0.1, 0.15) is 40.5 Å². The molecule has 0 radical (unpaired) electrons. The highest BCUT2D eigenvalue weighted by atomic mass is 19.1. The molecule has 1 saturated heterocycles. The Balaban J connectivity index is 1.69. The number of aromatic nitrogens is 4. The number of nitrogens with zero attached hydrogens (tertiary/aromatic N) is 6. The van der Waals surface area contributed by atoms with Gasteiger partial charge in [0, 0.05) is 57.6 Å². The van der Waals surface area contributed by atoms with Crippen molar-refractivity contribution in [3.63, 3.8) is 0 Å². The zero-order valence-corrected chi connectivity index (χ0v) is 18.3. The number of hydrogen-bond acceptors (Lipinski definition) is 5. The highest BCUT2D eigenvalue weighted by Crippen LogP contribution is 2.34. The minimum absolute atomic E-state index is 0.00973. The second-order valence-corrected chi connectivity index (χ2v) is 8.23. The second kappa shape index (κ2) is 8.45. The summed E-state index contributed by atoms with van der Waals surface area (Å²) in [6, 6.07) is 6.49. The fraction of sp³-hybridized carbons (Fsp3) is 0.391. The predicted molar refractivity (Wildman–Crippen MR) is 118 cm³/mol. The molecule has 4 rings (SSSR count). The second-order valence-electron chi connectivity index (χ2n) is 8.23. The van der Waals surface area contributed by atoms with E-state index in [4.69, 9.17) is 4.98 Å². The van der Waals surface area contributed by atoms with E-state index in [1.807, 2.05) is 43.9 Å². The van der Waals surface area contributed by atoms with Crippen LogP contribution in [0.15, 0.2) is 36.7 Å². The zero-order valence-electron chi connectivity index (χ0n) is 18.3. The van der Waals surface area contributed by atoms with Crippen molar-refractivity contribution in [1.82, 2.24) is 24.6 Å². The molecular weight excluding hydrogens is 395 g/mol. The molecule has 7 nitrogen and oxygen atoms in total. The van der Waals surface area contributed by atoms with E-state index < -0.39 is 0 Å². The van der Waals surface area contributed by atoms with Crippen LogP contribution in [0, 0.1) is 12.7 Å². The number of likely N-dealkylation sites (tertiary alicyclic amines) is 1. The minimum atomic E-state index is -0.298. The molecule has 1 fully saturated rings. The Morgan fingerprint density at radius 2 is 2.06 bits per heavy atom. The van der Waals surface area contributed by atoms with Crippen molar-refractivity contribution in [1.29, 1.82) is 0 Å². The van der Waals surface area contributed by atoms with E-state index in [1.54, 1.807) is 23.1 Å². The molecule has 1 atom stereocenters. The highest BCUT2D eigenvalue weighted by Gasteiger charge is 2.30. The lowest BCUT2D eigenvalue weighted by atomic mass is 9.89. The van der Waals surface area contributed by atoms with Crippen LogP contribution in [0.2, 0.25) is 0 Å². The van der Waals surface area contributed by atoms with Gasteiger partial charge in [0.15, 0.2) is 0 Å². The largest absolute Gasteiger partial charge is 0.347 e. The van der Waals surface area contributed by atoms with Gasteiger partial charge in [0.25, 0.3) is 5.91 Å². The summed E-state index contributed by atoms with van der Waals surface area (Å²) in [6.07, 6.45) is 5.17. The first-order valence-corrected chi connectivity index (χ1v) is 10.4. The summed E-state index contributed by atoms with van der Waals surface area (Å²) in [5.41, 5.74) is 3.88. The summed E-state index contributed by atoms with van der Waals surface area (Å²) in [6.45, 7) is 3.15. The molecule has 0 spiro atoms. The van der Waals surface area contributed by atoms with Gasteiger partial charge < -0.3 is 9.80 Å². The Hall–Kier alpha value is -3.29. The van der Waals surface area contributed by atoms with Gasteiger partial charge in [0.2, 0.25) is 5.95 Å². The Labute approximate surface area is 181 Å². The first-order chi connectivity index (χ1) is 14.8. The van der Waals surface area contributed by atoms with Gasteiger partial charge >= 0.3 is 0 Å². The topological polar surface area (TPSA) is 67.2 Å². The Morgan fingerprint density at radius 3 is 2.74 bits per heavy atom. The lowest BCUT2D eigenvalue weighted by Crippen LogP contribution is -2.39. The molecule has 0 saturated carbocycles. The maximum Gasteiger partial charge on any atom is 0.257 e. The molecule has 1 amide bonds. The Kier molecular flexibility index (Phi) is 5.71. The standard InChI is InChI=1S/C23H27FN6O/c1-15-19(13-26-29(15)4)22(31)30-10-6-8-17(14-30)21-20(12-25-23(27-21)28(2)3)16-7-5-9-18(24)11-16/h5,7,9,11-13,17H,6,8,10,14H2,1-4H3/t17-/m1/s1. The molecular formula is C23H27FN6O. The van der Waals surface area contributed by atoms with Crippen LogP contribution in [0.5, 0.6) is 0 Å². The van der Waals surface area contributed by atoms with Gasteiger partial charge in [0.1, 0.15) is 5.82 Å². The molecule has 0 bridgehead atoms. The fourth-order valence-corrected chi connectivity index (χ4v) is 4.05. The average molecular weight is 423 g/mol. The van der Waals surface area contributed by atoms with E-state index in [2.05, 4.69) is 10.1 Å². The third-order valence-corrected chi connectivity index (χ3v) is 5.90. The number of aryl methyl sites for hydroxylation is 1. The Bertz CT molecular complexity index is 1110. The molecule has 1 aromatic carbocycles. The first kappa shape index (κ1) is 21.0. The van der Waals surface area contributed by atoms with Crippen molar-refractivity contribution < 1.29 is 9.18 Å². The van der Waals surface area contributed by atoms with Crippen molar-refractivity contribution >= 4 is 11.9 Å². The van der Waals surface area contributed by atoms with Gasteiger partial charge in [0.05, 0.1) is 17.5 Å². The number of anilines is 1. The van der Waals surface area contributed by atoms with E-state index in [-0.39, 0.29) is 17.6 Å². The third kappa shape index (κ3) is 4.15. The van der Waals surface area contributed by atoms with Gasteiger partial charge in [-0.25, -0.2) is 14.4 Å². The van der Waals surface area contributed by atoms with Crippen molar-refractivity contribution in [3.8, 4) is 11.1 Å². The van der Waals surface area contributed by atoms with Crippen LogP contribution in [0.25, 0.3) is 11.1 Å². The van der Waals surface area contributed by atoms with Gasteiger partial charge in [-0.1, -0.05) is 12.1 Å². The van der Waals surface area contributed by atoms with Gasteiger partial charge in [-0.3, -0.25) is 9.48 Å². The van der Waals surface area contributed by atoms with E-state index >= 15 is 0 Å². The number of benzene rings is 1. The maximum atomic E-state index is 13.9. The number of amides is 1. The Morgan fingerprint density at radius 1 is 1.26 bits per heavy atom. The van der Waals surface area contributed by atoms with Crippen LogP contribution < -0.4 is 4.90 Å². The number of rotatable bonds is 4. The molecule has 2 aromatic heterocycles. The van der Waals surface area contributed by atoms with E-state index in [1.165, 1.54) is 12.1 Å². The summed E-state index contributed by atoms with van der Waals surface area (Å²) in [5, 5.41) is 4.21. The summed E-state index contributed by atoms with van der Waals surface area (Å²) in [5.74, 6) is 0.327. The molecule has 3 heterocycles.